The second kappa shape index (κ2) is 16.9. The minimum atomic E-state index is 0.533. The first-order valence-electron chi connectivity index (χ1n) is 20.3. The Labute approximate surface area is 359 Å². The van der Waals surface area contributed by atoms with Gasteiger partial charge in [0.2, 0.25) is 0 Å². The molecule has 62 heavy (non-hydrogen) atoms. The number of hydrogen-bond donors (Lipinski definition) is 0. The third-order valence-corrected chi connectivity index (χ3v) is 10.7. The summed E-state index contributed by atoms with van der Waals surface area (Å²) < 4.78 is 0. The Morgan fingerprint density at radius 2 is 0.548 bits per heavy atom. The molecule has 0 aliphatic heterocycles. The highest BCUT2D eigenvalue weighted by Gasteiger charge is 2.21. The molecule has 0 N–H and O–H groups in total. The van der Waals surface area contributed by atoms with E-state index in [0.29, 0.717) is 40.5 Å². The summed E-state index contributed by atoms with van der Waals surface area (Å²) in [5.74, 6) is 3.37. The van der Waals surface area contributed by atoms with Gasteiger partial charge in [-0.2, -0.15) is 5.26 Å². The van der Waals surface area contributed by atoms with Crippen molar-refractivity contribution < 1.29 is 0 Å². The quantitative estimate of drug-likeness (QED) is 0.143. The van der Waals surface area contributed by atoms with Gasteiger partial charge in [0, 0.05) is 33.4 Å². The van der Waals surface area contributed by atoms with E-state index in [-0.39, 0.29) is 0 Å². The normalized spacial score (nSPS) is 10.9. The van der Waals surface area contributed by atoms with Crippen LogP contribution >= 0.6 is 0 Å². The van der Waals surface area contributed by atoms with Crippen molar-refractivity contribution in [2.75, 3.05) is 0 Å². The van der Waals surface area contributed by atoms with Gasteiger partial charge in [0.15, 0.2) is 34.9 Å². The summed E-state index contributed by atoms with van der Waals surface area (Å²) >= 11 is 0. The average molecular weight is 794 g/mol. The van der Waals surface area contributed by atoms with Gasteiger partial charge >= 0.3 is 0 Å². The van der Waals surface area contributed by atoms with Gasteiger partial charge in [0.1, 0.15) is 0 Å². The van der Waals surface area contributed by atoms with Crippen molar-refractivity contribution in [2.45, 2.75) is 0 Å². The molecule has 7 nitrogen and oxygen atoms in total. The minimum absolute atomic E-state index is 0.533. The molecule has 10 aromatic rings. The summed E-state index contributed by atoms with van der Waals surface area (Å²) in [7, 11) is 0. The molecule has 7 heteroatoms. The Morgan fingerprint density at radius 3 is 1.00 bits per heavy atom. The molecule has 2 heterocycles. The van der Waals surface area contributed by atoms with Crippen LogP contribution in [0.25, 0.3) is 102 Å². The smallest absolute Gasteiger partial charge is 0.164 e. The van der Waals surface area contributed by atoms with Gasteiger partial charge in [0.05, 0.1) is 11.6 Å². The molecule has 10 rings (SSSR count). The zero-order chi connectivity index (χ0) is 41.7. The molecule has 0 saturated heterocycles. The van der Waals surface area contributed by atoms with E-state index >= 15 is 0 Å². The lowest BCUT2D eigenvalue weighted by Gasteiger charge is -2.16. The standard InChI is InChI=1S/C55H35N7/c56-36-37-29-31-39(32-30-37)44-25-13-15-27-47(44)53-58-52(42-23-11-4-12-24-42)59-54(62-53)48-28-16-14-26-45(48)43-33-34-46(38-17-5-1-6-18-38)49(35-43)55-60-50(40-19-7-2-8-20-40)57-51(61-55)41-21-9-3-10-22-41/h1-35H. The SMILES string of the molecule is N#Cc1ccc(-c2ccccc2-c2nc(-c3ccccc3)nc(-c3ccccc3-c3ccc(-c4ccccc4)c(-c4nc(-c5ccccc5)nc(-c5ccccc5)n4)c3)n2)cc1. The van der Waals surface area contributed by atoms with Gasteiger partial charge < -0.3 is 0 Å². The summed E-state index contributed by atoms with van der Waals surface area (Å²) in [6.07, 6.45) is 0. The molecule has 0 radical (unpaired) electrons. The number of aromatic nitrogens is 6. The molecule has 0 bridgehead atoms. The second-order valence-corrected chi connectivity index (χ2v) is 14.6. The second-order valence-electron chi connectivity index (χ2n) is 14.6. The van der Waals surface area contributed by atoms with Crippen molar-refractivity contribution in [3.8, 4) is 108 Å². The number of hydrogen-bond acceptors (Lipinski definition) is 7. The topological polar surface area (TPSA) is 101 Å². The molecular weight excluding hydrogens is 759 g/mol. The van der Waals surface area contributed by atoms with Crippen LogP contribution in [0.5, 0.6) is 0 Å². The van der Waals surface area contributed by atoms with Crippen molar-refractivity contribution in [1.29, 1.82) is 5.26 Å². The predicted molar refractivity (Wildman–Crippen MR) is 247 cm³/mol. The van der Waals surface area contributed by atoms with Gasteiger partial charge in [-0.1, -0.05) is 194 Å². The fraction of sp³-hybridized carbons (Fsp3) is 0. The molecule has 290 valence electrons. The Kier molecular flexibility index (Phi) is 10.2. The summed E-state index contributed by atoms with van der Waals surface area (Å²) in [5.41, 5.74) is 11.6. The molecule has 0 fully saturated rings. The van der Waals surface area contributed by atoms with Crippen molar-refractivity contribution in [3.63, 3.8) is 0 Å². The summed E-state index contributed by atoms with van der Waals surface area (Å²) in [4.78, 5) is 30.8. The van der Waals surface area contributed by atoms with E-state index in [1.165, 1.54) is 0 Å². The minimum Gasteiger partial charge on any atom is -0.208 e. The van der Waals surface area contributed by atoms with E-state index in [1.54, 1.807) is 0 Å². The number of nitriles is 1. The molecule has 0 aliphatic rings. The maximum absolute atomic E-state index is 9.48. The van der Waals surface area contributed by atoms with Crippen LogP contribution in [0.3, 0.4) is 0 Å². The highest BCUT2D eigenvalue weighted by molar-refractivity contribution is 5.90. The van der Waals surface area contributed by atoms with Crippen molar-refractivity contribution in [1.82, 2.24) is 29.9 Å². The fourth-order valence-corrected chi connectivity index (χ4v) is 7.61. The fourth-order valence-electron chi connectivity index (χ4n) is 7.61. The largest absolute Gasteiger partial charge is 0.208 e. The van der Waals surface area contributed by atoms with E-state index in [2.05, 4.69) is 54.6 Å². The first-order valence-corrected chi connectivity index (χ1v) is 20.3. The molecule has 0 unspecified atom stereocenters. The Balaban J connectivity index is 1.17. The molecule has 0 aliphatic carbocycles. The molecule has 0 amide bonds. The first-order chi connectivity index (χ1) is 30.7. The van der Waals surface area contributed by atoms with E-state index in [9.17, 15) is 5.26 Å². The highest BCUT2D eigenvalue weighted by Crippen LogP contribution is 2.39. The predicted octanol–water partition coefficient (Wildman–Crippen LogP) is 12.9. The number of nitrogens with zero attached hydrogens (tertiary/aromatic N) is 7. The van der Waals surface area contributed by atoms with Crippen LogP contribution in [0.15, 0.2) is 212 Å². The lowest BCUT2D eigenvalue weighted by Crippen LogP contribution is -2.02. The van der Waals surface area contributed by atoms with Gasteiger partial charge in [-0.15, -0.1) is 0 Å². The van der Waals surface area contributed by atoms with Crippen molar-refractivity contribution in [2.24, 2.45) is 0 Å². The third kappa shape index (κ3) is 7.63. The van der Waals surface area contributed by atoms with Crippen LogP contribution in [-0.4, -0.2) is 29.9 Å². The molecule has 2 aromatic heterocycles. The summed E-state index contributed by atoms with van der Waals surface area (Å²) in [6.45, 7) is 0. The zero-order valence-electron chi connectivity index (χ0n) is 33.3. The van der Waals surface area contributed by atoms with Crippen molar-refractivity contribution in [3.05, 3.63) is 218 Å². The first kappa shape index (κ1) is 37.5. The molecule has 0 spiro atoms. The van der Waals surface area contributed by atoms with Gasteiger partial charge in [-0.05, 0) is 51.6 Å². The zero-order valence-corrected chi connectivity index (χ0v) is 33.3. The van der Waals surface area contributed by atoms with E-state index in [4.69, 9.17) is 29.9 Å². The summed E-state index contributed by atoms with van der Waals surface area (Å²) in [5, 5.41) is 9.48. The van der Waals surface area contributed by atoms with E-state index in [0.717, 1.165) is 66.8 Å². The Morgan fingerprint density at radius 1 is 0.242 bits per heavy atom. The van der Waals surface area contributed by atoms with Crippen LogP contribution in [0.2, 0.25) is 0 Å². The third-order valence-electron chi connectivity index (χ3n) is 10.7. The molecule has 8 aromatic carbocycles. The number of benzene rings is 8. The molecular formula is C55H35N7. The summed E-state index contributed by atoms with van der Waals surface area (Å²) in [6, 6.07) is 72.9. The van der Waals surface area contributed by atoms with Gasteiger partial charge in [-0.25, -0.2) is 29.9 Å². The van der Waals surface area contributed by atoms with Crippen LogP contribution < -0.4 is 0 Å². The average Bonchev–Trinajstić information content (AvgIpc) is 3.37. The lowest BCUT2D eigenvalue weighted by atomic mass is 9.92. The Bertz CT molecular complexity index is 3160. The maximum Gasteiger partial charge on any atom is 0.164 e. The lowest BCUT2D eigenvalue weighted by molar-refractivity contribution is 1.07. The van der Waals surface area contributed by atoms with Gasteiger partial charge in [0.25, 0.3) is 0 Å². The van der Waals surface area contributed by atoms with E-state index in [1.807, 2.05) is 164 Å². The molecule has 0 atom stereocenters. The van der Waals surface area contributed by atoms with Crippen LogP contribution in [0.1, 0.15) is 5.56 Å². The van der Waals surface area contributed by atoms with Gasteiger partial charge in [-0.3, -0.25) is 0 Å². The number of rotatable bonds is 9. The van der Waals surface area contributed by atoms with E-state index < -0.39 is 0 Å². The maximum atomic E-state index is 9.48. The Hall–Kier alpha value is -8.73. The van der Waals surface area contributed by atoms with Crippen LogP contribution in [0.4, 0.5) is 0 Å². The van der Waals surface area contributed by atoms with Crippen LogP contribution in [-0.2, 0) is 0 Å². The monoisotopic (exact) mass is 793 g/mol. The highest BCUT2D eigenvalue weighted by atomic mass is 15.0. The molecule has 0 saturated carbocycles. The van der Waals surface area contributed by atoms with Crippen LogP contribution in [0, 0.1) is 11.3 Å². The van der Waals surface area contributed by atoms with Crippen molar-refractivity contribution >= 4 is 0 Å².